The van der Waals surface area contributed by atoms with Crippen LogP contribution in [-0.4, -0.2) is 18.6 Å². The third kappa shape index (κ3) is 16.1. The summed E-state index contributed by atoms with van der Waals surface area (Å²) in [5.41, 5.74) is 0. The fourth-order valence-electron chi connectivity index (χ4n) is 0.748. The SMILES string of the molecule is CCCCCC[CH2][Ga+2].[Cl-].[Cl-]. The quantitative estimate of drug-likeness (QED) is 0.346. The summed E-state index contributed by atoms with van der Waals surface area (Å²) in [6, 6.07) is 0. The van der Waals surface area contributed by atoms with Crippen molar-refractivity contribution in [3.8, 4) is 0 Å². The molecule has 0 heterocycles. The molecule has 0 atom stereocenters. The van der Waals surface area contributed by atoms with Crippen LogP contribution in [0.5, 0.6) is 0 Å². The van der Waals surface area contributed by atoms with Crippen molar-refractivity contribution in [2.45, 2.75) is 44.0 Å². The number of hydrogen-bond acceptors (Lipinski definition) is 0. The average Bonchev–Trinajstić information content (AvgIpc) is 1.81. The van der Waals surface area contributed by atoms with Crippen molar-refractivity contribution >= 4 is 18.6 Å². The van der Waals surface area contributed by atoms with Crippen LogP contribution in [0, 0.1) is 0 Å². The van der Waals surface area contributed by atoms with Gasteiger partial charge in [0, 0.05) is 0 Å². The second-order valence-electron chi connectivity index (χ2n) is 2.20. The van der Waals surface area contributed by atoms with E-state index in [1.54, 1.807) is 0 Å². The number of halogens is 2. The predicted molar refractivity (Wildman–Crippen MR) is 39.3 cm³/mol. The summed E-state index contributed by atoms with van der Waals surface area (Å²) >= 11 is 1.87. The van der Waals surface area contributed by atoms with Gasteiger partial charge in [-0.05, 0) is 0 Å². The van der Waals surface area contributed by atoms with Crippen LogP contribution >= 0.6 is 0 Å². The van der Waals surface area contributed by atoms with E-state index >= 15 is 0 Å². The van der Waals surface area contributed by atoms with Gasteiger partial charge >= 0.3 is 62.6 Å². The molecular weight excluding hydrogens is 225 g/mol. The molecule has 0 aromatic heterocycles. The monoisotopic (exact) mass is 238 g/mol. The summed E-state index contributed by atoms with van der Waals surface area (Å²) in [4.78, 5) is 1.43. The molecule has 0 aromatic carbocycles. The average molecular weight is 240 g/mol. The van der Waals surface area contributed by atoms with E-state index in [2.05, 4.69) is 6.92 Å². The largest absolute Gasteiger partial charge is 1.00 e. The number of hydrogen-bond donors (Lipinski definition) is 0. The first kappa shape index (κ1) is 17.3. The summed E-state index contributed by atoms with van der Waals surface area (Å²) in [5, 5.41) is 0. The van der Waals surface area contributed by atoms with Gasteiger partial charge in [-0.3, -0.25) is 0 Å². The molecule has 0 aromatic rings. The van der Waals surface area contributed by atoms with Crippen LogP contribution < -0.4 is 24.8 Å². The first-order chi connectivity index (χ1) is 3.91. The predicted octanol–water partition coefficient (Wildman–Crippen LogP) is -3.45. The molecule has 0 aliphatic carbocycles. The van der Waals surface area contributed by atoms with E-state index in [9.17, 15) is 0 Å². The Morgan fingerprint density at radius 1 is 0.900 bits per heavy atom. The molecule has 0 amide bonds. The van der Waals surface area contributed by atoms with Crippen molar-refractivity contribution in [2.75, 3.05) is 0 Å². The van der Waals surface area contributed by atoms with Crippen LogP contribution in [0.1, 0.15) is 39.0 Å². The van der Waals surface area contributed by atoms with Crippen LogP contribution in [-0.2, 0) is 0 Å². The normalized spacial score (nSPS) is 7.90. The van der Waals surface area contributed by atoms with Crippen molar-refractivity contribution < 1.29 is 24.8 Å². The van der Waals surface area contributed by atoms with Gasteiger partial charge in [0.2, 0.25) is 0 Å². The Balaban J connectivity index is -0.000000245. The van der Waals surface area contributed by atoms with E-state index in [1.165, 1.54) is 37.1 Å². The molecule has 0 radical (unpaired) electrons. The third-order valence-corrected chi connectivity index (χ3v) is 2.16. The Labute approximate surface area is 87.3 Å². The van der Waals surface area contributed by atoms with Crippen molar-refractivity contribution in [1.82, 2.24) is 0 Å². The fourth-order valence-corrected chi connectivity index (χ4v) is 1.35. The summed E-state index contributed by atoms with van der Waals surface area (Å²) in [5.74, 6) is 0. The maximum absolute atomic E-state index is 2.26. The van der Waals surface area contributed by atoms with Gasteiger partial charge in [0.25, 0.3) is 0 Å². The molecule has 0 rings (SSSR count). The van der Waals surface area contributed by atoms with E-state index in [0.29, 0.717) is 0 Å². The minimum absolute atomic E-state index is 0. The smallest absolute Gasteiger partial charge is 1.00 e. The molecule has 0 aliphatic heterocycles. The van der Waals surface area contributed by atoms with Gasteiger partial charge in [0.15, 0.2) is 0 Å². The van der Waals surface area contributed by atoms with Crippen LogP contribution in [0.25, 0.3) is 0 Å². The number of unbranched alkanes of at least 4 members (excludes halogenated alkanes) is 4. The van der Waals surface area contributed by atoms with Crippen molar-refractivity contribution in [1.29, 1.82) is 0 Å². The maximum atomic E-state index is 2.26. The van der Waals surface area contributed by atoms with Gasteiger partial charge in [0.05, 0.1) is 0 Å². The van der Waals surface area contributed by atoms with Crippen molar-refractivity contribution in [2.24, 2.45) is 0 Å². The Morgan fingerprint density at radius 2 is 1.40 bits per heavy atom. The molecule has 60 valence electrons. The summed E-state index contributed by atoms with van der Waals surface area (Å²) in [7, 11) is 0. The van der Waals surface area contributed by atoms with E-state index in [4.69, 9.17) is 0 Å². The van der Waals surface area contributed by atoms with Crippen LogP contribution in [0.15, 0.2) is 0 Å². The molecular formula is C7H15Cl2Ga. The molecule has 0 saturated heterocycles. The Bertz CT molecular complexity index is 36.6. The second-order valence-corrected chi connectivity index (χ2v) is 3.41. The van der Waals surface area contributed by atoms with Crippen LogP contribution in [0.3, 0.4) is 0 Å². The number of rotatable bonds is 5. The first-order valence-electron chi connectivity index (χ1n) is 3.62. The van der Waals surface area contributed by atoms with Gasteiger partial charge in [-0.1, -0.05) is 0 Å². The van der Waals surface area contributed by atoms with E-state index in [0.717, 1.165) is 0 Å². The molecule has 10 heavy (non-hydrogen) atoms. The molecule has 0 bridgehead atoms. The van der Waals surface area contributed by atoms with E-state index in [1.807, 2.05) is 18.6 Å². The van der Waals surface area contributed by atoms with Gasteiger partial charge in [-0.15, -0.1) is 0 Å². The van der Waals surface area contributed by atoms with E-state index in [-0.39, 0.29) is 24.8 Å². The molecule has 0 fully saturated rings. The second kappa shape index (κ2) is 16.7. The molecule has 0 aliphatic rings. The molecule has 0 nitrogen and oxygen atoms in total. The molecule has 0 unspecified atom stereocenters. The standard InChI is InChI=1S/C7H15.2ClH.Ga/c1-3-5-7-6-4-2;;;/h1,3-7H2,2H3;2*1H;/q;;;+2/p-2. The first-order valence-corrected chi connectivity index (χ1v) is 5.33. The van der Waals surface area contributed by atoms with Crippen LogP contribution in [0.4, 0.5) is 0 Å². The summed E-state index contributed by atoms with van der Waals surface area (Å²) in [6.07, 6.45) is 7.19. The van der Waals surface area contributed by atoms with Crippen molar-refractivity contribution in [3.05, 3.63) is 0 Å². The molecule has 0 spiro atoms. The zero-order valence-electron chi connectivity index (χ0n) is 6.58. The van der Waals surface area contributed by atoms with Gasteiger partial charge in [0.1, 0.15) is 0 Å². The Morgan fingerprint density at radius 3 is 1.80 bits per heavy atom. The molecule has 0 N–H and O–H groups in total. The van der Waals surface area contributed by atoms with Gasteiger partial charge < -0.3 is 24.8 Å². The summed E-state index contributed by atoms with van der Waals surface area (Å²) < 4.78 is 0. The third-order valence-electron chi connectivity index (χ3n) is 1.31. The topological polar surface area (TPSA) is 0 Å². The van der Waals surface area contributed by atoms with E-state index < -0.39 is 0 Å². The zero-order chi connectivity index (χ0) is 6.24. The Hall–Kier alpha value is 1.22. The molecule has 0 saturated carbocycles. The minimum Gasteiger partial charge on any atom is -1.00 e. The van der Waals surface area contributed by atoms with Gasteiger partial charge in [-0.25, -0.2) is 0 Å². The fraction of sp³-hybridized carbons (Fsp3) is 1.00. The van der Waals surface area contributed by atoms with Crippen LogP contribution in [0.2, 0.25) is 4.98 Å². The van der Waals surface area contributed by atoms with Gasteiger partial charge in [-0.2, -0.15) is 0 Å². The molecule has 3 heteroatoms. The Kier molecular flexibility index (Phi) is 28.9. The maximum Gasteiger partial charge on any atom is -1.00 e. The zero-order valence-corrected chi connectivity index (χ0v) is 10.5. The minimum atomic E-state index is 0. The van der Waals surface area contributed by atoms with Crippen molar-refractivity contribution in [3.63, 3.8) is 0 Å². The summed E-state index contributed by atoms with van der Waals surface area (Å²) in [6.45, 7) is 2.26.